The SMILES string of the molecule is CC1=C=CC(c2cc(C3=C(C)CC=CC=C3)c3ccc4ccc(-c5cccc(-c6ccc(-c7nc(-c8ccccc8)nc(-c8ccc(-c9ccccc9)cc8)n7)cc6)c5)nc4c3n2)=CC1. The van der Waals surface area contributed by atoms with Gasteiger partial charge in [0.2, 0.25) is 0 Å². The van der Waals surface area contributed by atoms with Crippen LogP contribution in [0.3, 0.4) is 0 Å². The van der Waals surface area contributed by atoms with Gasteiger partial charge in [-0.25, -0.2) is 24.9 Å². The van der Waals surface area contributed by atoms with Crippen LogP contribution >= 0.6 is 0 Å². The molecule has 2 aliphatic carbocycles. The third-order valence-electron chi connectivity index (χ3n) is 12.3. The lowest BCUT2D eigenvalue weighted by molar-refractivity contribution is 1.07. The van der Waals surface area contributed by atoms with Gasteiger partial charge in [0.15, 0.2) is 17.5 Å². The molecule has 0 saturated carbocycles. The van der Waals surface area contributed by atoms with E-state index in [-0.39, 0.29) is 0 Å². The van der Waals surface area contributed by atoms with Crippen LogP contribution in [0, 0.1) is 0 Å². The van der Waals surface area contributed by atoms with Crippen LogP contribution in [0.25, 0.3) is 101 Å². The highest BCUT2D eigenvalue weighted by Crippen LogP contribution is 2.37. The molecule has 11 rings (SSSR count). The molecule has 0 fully saturated rings. The number of hydrogen-bond donors (Lipinski definition) is 0. The summed E-state index contributed by atoms with van der Waals surface area (Å²) in [5, 5.41) is 2.15. The Bertz CT molecular complexity index is 3500. The fourth-order valence-electron chi connectivity index (χ4n) is 8.67. The summed E-state index contributed by atoms with van der Waals surface area (Å²) >= 11 is 0. The Hall–Kier alpha value is -8.37. The lowest BCUT2D eigenvalue weighted by Gasteiger charge is -2.16. The molecule has 0 saturated heterocycles. The standard InChI is InChI=1S/C60H43N5/c1-39-21-23-44(24-22-39)55-38-53(51-20-11-3-6-13-40(51)2)52-35-33-45-34-36-54(61-56(45)57(52)62-55)50-19-12-18-49(37-50)43-27-31-48(32-28-43)60-64-58(46-16-9-5-10-17-46)63-59(65-60)47-29-25-42(26-30-47)41-14-7-4-8-15-41/h3-12,14-20,23-38H,13,21H2,1-2H3. The second-order valence-corrected chi connectivity index (χ2v) is 16.7. The number of nitrogens with zero attached hydrogens (tertiary/aromatic N) is 5. The second-order valence-electron chi connectivity index (χ2n) is 16.7. The molecule has 2 aliphatic rings. The molecular formula is C60H43N5. The smallest absolute Gasteiger partial charge is 0.164 e. The van der Waals surface area contributed by atoms with E-state index in [4.69, 9.17) is 24.9 Å². The minimum atomic E-state index is 0.620. The highest BCUT2D eigenvalue weighted by atomic mass is 15.0. The highest BCUT2D eigenvalue weighted by molar-refractivity contribution is 6.09. The van der Waals surface area contributed by atoms with Crippen LogP contribution in [0.2, 0.25) is 0 Å². The van der Waals surface area contributed by atoms with E-state index in [1.807, 2.05) is 36.4 Å². The van der Waals surface area contributed by atoms with Crippen LogP contribution in [-0.2, 0) is 0 Å². The van der Waals surface area contributed by atoms with Crippen molar-refractivity contribution in [2.75, 3.05) is 0 Å². The van der Waals surface area contributed by atoms with E-state index in [1.165, 1.54) is 27.8 Å². The molecular weight excluding hydrogens is 791 g/mol. The van der Waals surface area contributed by atoms with Crippen molar-refractivity contribution in [3.8, 4) is 67.7 Å². The number of pyridine rings is 2. The molecule has 65 heavy (non-hydrogen) atoms. The third kappa shape index (κ3) is 7.98. The summed E-state index contributed by atoms with van der Waals surface area (Å²) in [5.41, 5.74) is 21.4. The molecule has 0 atom stereocenters. The average Bonchev–Trinajstić information content (AvgIpc) is 3.60. The van der Waals surface area contributed by atoms with Gasteiger partial charge < -0.3 is 0 Å². The quantitative estimate of drug-likeness (QED) is 0.113. The summed E-state index contributed by atoms with van der Waals surface area (Å²) in [6.07, 6.45) is 14.8. The Morgan fingerprint density at radius 1 is 0.446 bits per heavy atom. The molecule has 3 heterocycles. The first-order chi connectivity index (χ1) is 32.0. The number of rotatable bonds is 8. The van der Waals surface area contributed by atoms with Gasteiger partial charge in [0.1, 0.15) is 0 Å². The van der Waals surface area contributed by atoms with Gasteiger partial charge in [-0.05, 0) is 89.9 Å². The monoisotopic (exact) mass is 833 g/mol. The number of hydrogen-bond acceptors (Lipinski definition) is 5. The Labute approximate surface area is 379 Å². The summed E-state index contributed by atoms with van der Waals surface area (Å²) in [7, 11) is 0. The molecule has 0 N–H and O–H groups in total. The predicted octanol–water partition coefficient (Wildman–Crippen LogP) is 15.1. The Morgan fingerprint density at radius 2 is 1.02 bits per heavy atom. The van der Waals surface area contributed by atoms with Gasteiger partial charge in [-0.2, -0.15) is 0 Å². The molecule has 9 aromatic rings. The fraction of sp³-hybridized carbons (Fsp3) is 0.0667. The van der Waals surface area contributed by atoms with E-state index in [1.54, 1.807) is 0 Å². The maximum absolute atomic E-state index is 5.39. The molecule has 0 radical (unpaired) electrons. The summed E-state index contributed by atoms with van der Waals surface area (Å²) in [4.78, 5) is 25.7. The Balaban J connectivity index is 0.950. The lowest BCUT2D eigenvalue weighted by atomic mass is 9.92. The third-order valence-corrected chi connectivity index (χ3v) is 12.3. The minimum absolute atomic E-state index is 0.620. The molecule has 6 aromatic carbocycles. The minimum Gasteiger partial charge on any atom is -0.245 e. The molecule has 0 unspecified atom stereocenters. The molecule has 5 heteroatoms. The van der Waals surface area contributed by atoms with Crippen molar-refractivity contribution in [1.82, 2.24) is 24.9 Å². The van der Waals surface area contributed by atoms with Gasteiger partial charge >= 0.3 is 0 Å². The molecule has 0 bridgehead atoms. The van der Waals surface area contributed by atoms with Crippen molar-refractivity contribution in [3.63, 3.8) is 0 Å². The average molecular weight is 834 g/mol. The van der Waals surface area contributed by atoms with E-state index in [0.717, 1.165) is 90.6 Å². The molecule has 3 aromatic heterocycles. The van der Waals surface area contributed by atoms with Gasteiger partial charge in [-0.3, -0.25) is 0 Å². The van der Waals surface area contributed by atoms with Crippen molar-refractivity contribution >= 4 is 33.0 Å². The van der Waals surface area contributed by atoms with Crippen molar-refractivity contribution < 1.29 is 0 Å². The van der Waals surface area contributed by atoms with Crippen molar-refractivity contribution in [3.05, 3.63) is 228 Å². The van der Waals surface area contributed by atoms with E-state index in [2.05, 4.69) is 183 Å². The normalized spacial score (nSPS) is 13.6. The summed E-state index contributed by atoms with van der Waals surface area (Å²) in [5.74, 6) is 1.88. The van der Waals surface area contributed by atoms with Gasteiger partial charge in [0, 0.05) is 38.6 Å². The molecule has 308 valence electrons. The molecule has 0 spiro atoms. The van der Waals surface area contributed by atoms with Crippen LogP contribution in [0.1, 0.15) is 37.9 Å². The maximum Gasteiger partial charge on any atom is 0.164 e. The van der Waals surface area contributed by atoms with Crippen LogP contribution in [0.4, 0.5) is 0 Å². The Morgan fingerprint density at radius 3 is 1.69 bits per heavy atom. The summed E-state index contributed by atoms with van der Waals surface area (Å²) in [6.45, 7) is 4.34. The molecule has 0 aliphatic heterocycles. The molecule has 5 nitrogen and oxygen atoms in total. The van der Waals surface area contributed by atoms with E-state index in [0.29, 0.717) is 17.5 Å². The van der Waals surface area contributed by atoms with Crippen molar-refractivity contribution in [1.29, 1.82) is 0 Å². The number of allylic oxidation sites excluding steroid dienone is 9. The zero-order valence-electron chi connectivity index (χ0n) is 36.2. The van der Waals surface area contributed by atoms with Crippen molar-refractivity contribution in [2.24, 2.45) is 0 Å². The van der Waals surface area contributed by atoms with Gasteiger partial charge in [-0.1, -0.05) is 182 Å². The fourth-order valence-corrected chi connectivity index (χ4v) is 8.67. The Kier molecular flexibility index (Phi) is 10.4. The summed E-state index contributed by atoms with van der Waals surface area (Å²) in [6, 6.07) is 56.9. The topological polar surface area (TPSA) is 64.5 Å². The van der Waals surface area contributed by atoms with Gasteiger partial charge in [-0.15, -0.1) is 5.73 Å². The number of benzene rings is 6. The highest BCUT2D eigenvalue weighted by Gasteiger charge is 2.18. The first kappa shape index (κ1) is 39.5. The lowest BCUT2D eigenvalue weighted by Crippen LogP contribution is -2.00. The maximum atomic E-state index is 5.39. The van der Waals surface area contributed by atoms with Gasteiger partial charge in [0.25, 0.3) is 0 Å². The van der Waals surface area contributed by atoms with Crippen LogP contribution < -0.4 is 0 Å². The molecule has 0 amide bonds. The first-order valence-corrected chi connectivity index (χ1v) is 22.1. The van der Waals surface area contributed by atoms with Crippen LogP contribution in [0.15, 0.2) is 217 Å². The van der Waals surface area contributed by atoms with Gasteiger partial charge in [0.05, 0.1) is 22.4 Å². The largest absolute Gasteiger partial charge is 0.245 e. The van der Waals surface area contributed by atoms with E-state index in [9.17, 15) is 0 Å². The predicted molar refractivity (Wildman–Crippen MR) is 268 cm³/mol. The zero-order chi connectivity index (χ0) is 43.7. The first-order valence-electron chi connectivity index (χ1n) is 22.1. The van der Waals surface area contributed by atoms with Crippen molar-refractivity contribution in [2.45, 2.75) is 26.7 Å². The number of fused-ring (bicyclic) bond motifs is 3. The van der Waals surface area contributed by atoms with Crippen LogP contribution in [-0.4, -0.2) is 24.9 Å². The van der Waals surface area contributed by atoms with E-state index < -0.39 is 0 Å². The van der Waals surface area contributed by atoms with Crippen LogP contribution in [0.5, 0.6) is 0 Å². The number of aromatic nitrogens is 5. The zero-order valence-corrected chi connectivity index (χ0v) is 36.2. The summed E-state index contributed by atoms with van der Waals surface area (Å²) < 4.78 is 0. The van der Waals surface area contributed by atoms with E-state index >= 15 is 0 Å². The second kappa shape index (κ2) is 17.1.